The Morgan fingerprint density at radius 2 is 1.32 bits per heavy atom. The molecular formula is C30H32F6N2O3. The molecule has 0 aliphatic rings. The number of halogens is 6. The minimum atomic E-state index is -4.96. The van der Waals surface area contributed by atoms with Crippen LogP contribution in [0.3, 0.4) is 0 Å². The van der Waals surface area contributed by atoms with E-state index >= 15 is 0 Å². The van der Waals surface area contributed by atoms with Crippen LogP contribution < -0.4 is 5.32 Å². The number of nitrogens with zero attached hydrogens (tertiary/aromatic N) is 1. The van der Waals surface area contributed by atoms with E-state index < -0.39 is 48.3 Å². The van der Waals surface area contributed by atoms with Crippen LogP contribution in [0.25, 0.3) is 0 Å². The quantitative estimate of drug-likeness (QED) is 0.151. The number of hydrogen-bond acceptors (Lipinski definition) is 5. The molecule has 11 heteroatoms. The van der Waals surface area contributed by atoms with E-state index in [-0.39, 0.29) is 30.7 Å². The lowest BCUT2D eigenvalue weighted by atomic mass is 9.85. The van der Waals surface area contributed by atoms with E-state index in [4.69, 9.17) is 9.47 Å². The van der Waals surface area contributed by atoms with Gasteiger partial charge in [-0.15, -0.1) is 0 Å². The summed E-state index contributed by atoms with van der Waals surface area (Å²) in [7, 11) is 3.50. The van der Waals surface area contributed by atoms with Crippen molar-refractivity contribution in [2.24, 2.45) is 0 Å². The Hall–Kier alpha value is -3.41. The molecule has 1 N–H and O–H groups in total. The molecule has 0 spiro atoms. The fourth-order valence-corrected chi connectivity index (χ4v) is 4.21. The first kappa shape index (κ1) is 32.1. The Morgan fingerprint density at radius 3 is 1.76 bits per heavy atom. The highest BCUT2D eigenvalue weighted by atomic mass is 19.4. The number of carbonyl (C=O) groups excluding carboxylic acids is 1. The Bertz CT molecular complexity index is 1180. The molecule has 2 unspecified atom stereocenters. The third-order valence-electron chi connectivity index (χ3n) is 6.47. The molecular weight excluding hydrogens is 550 g/mol. The van der Waals surface area contributed by atoms with Gasteiger partial charge in [0.1, 0.15) is 0 Å². The van der Waals surface area contributed by atoms with Crippen LogP contribution >= 0.6 is 0 Å². The summed E-state index contributed by atoms with van der Waals surface area (Å²) in [5.41, 5.74) is -1.36. The topological polar surface area (TPSA) is 50.8 Å². The van der Waals surface area contributed by atoms with Crippen LogP contribution in [0.2, 0.25) is 0 Å². The predicted octanol–water partition coefficient (Wildman–Crippen LogP) is 6.48. The van der Waals surface area contributed by atoms with Crippen molar-refractivity contribution in [3.63, 3.8) is 0 Å². The van der Waals surface area contributed by atoms with Crippen LogP contribution in [0.1, 0.15) is 40.7 Å². The zero-order valence-electron chi connectivity index (χ0n) is 22.8. The Labute approximate surface area is 235 Å². The van der Waals surface area contributed by atoms with Crippen LogP contribution in [-0.4, -0.2) is 50.4 Å². The average molecular weight is 583 g/mol. The number of ether oxygens (including phenoxy) is 2. The van der Waals surface area contributed by atoms with Gasteiger partial charge in [-0.1, -0.05) is 60.7 Å². The second-order valence-corrected chi connectivity index (χ2v) is 9.77. The molecule has 0 saturated heterocycles. The monoisotopic (exact) mass is 582 g/mol. The van der Waals surface area contributed by atoms with Gasteiger partial charge in [-0.2, -0.15) is 26.3 Å². The fourth-order valence-electron chi connectivity index (χ4n) is 4.21. The van der Waals surface area contributed by atoms with Crippen molar-refractivity contribution in [1.82, 2.24) is 10.2 Å². The zero-order valence-corrected chi connectivity index (χ0v) is 22.8. The van der Waals surface area contributed by atoms with Crippen molar-refractivity contribution >= 4 is 5.97 Å². The normalized spacial score (nSPS) is 13.8. The van der Waals surface area contributed by atoms with E-state index in [0.29, 0.717) is 12.1 Å². The van der Waals surface area contributed by atoms with Crippen molar-refractivity contribution in [1.29, 1.82) is 0 Å². The van der Waals surface area contributed by atoms with E-state index in [1.54, 1.807) is 25.9 Å². The highest BCUT2D eigenvalue weighted by molar-refractivity contribution is 5.71. The minimum absolute atomic E-state index is 0.0784. The summed E-state index contributed by atoms with van der Waals surface area (Å²) >= 11 is 0. The Kier molecular flexibility index (Phi) is 10.9. The van der Waals surface area contributed by atoms with Gasteiger partial charge in [0.2, 0.25) is 0 Å². The number of alkyl halides is 6. The maximum absolute atomic E-state index is 13.3. The number of benzene rings is 3. The zero-order chi connectivity index (χ0) is 30.2. The molecule has 0 aliphatic heterocycles. The van der Waals surface area contributed by atoms with Crippen molar-refractivity contribution in [3.8, 4) is 0 Å². The van der Waals surface area contributed by atoms with E-state index in [2.05, 4.69) is 5.32 Å². The highest BCUT2D eigenvalue weighted by Gasteiger charge is 2.37. The molecule has 0 fully saturated rings. The molecule has 0 heterocycles. The van der Waals surface area contributed by atoms with Crippen LogP contribution in [-0.2, 0) is 33.2 Å². The summed E-state index contributed by atoms with van der Waals surface area (Å²) in [5.74, 6) is -0.910. The van der Waals surface area contributed by atoms with Gasteiger partial charge in [-0.05, 0) is 55.9 Å². The molecule has 0 radical (unpaired) electrons. The third-order valence-corrected chi connectivity index (χ3v) is 6.47. The van der Waals surface area contributed by atoms with Crippen molar-refractivity contribution in [2.75, 3.05) is 27.2 Å². The molecule has 3 aromatic carbocycles. The number of hydrogen-bond donors (Lipinski definition) is 1. The summed E-state index contributed by atoms with van der Waals surface area (Å²) in [4.78, 5) is 14.3. The lowest BCUT2D eigenvalue weighted by molar-refractivity contribution is -0.154. The first-order valence-electron chi connectivity index (χ1n) is 12.8. The molecule has 0 bridgehead atoms. The van der Waals surface area contributed by atoms with Crippen LogP contribution in [0.4, 0.5) is 26.3 Å². The van der Waals surface area contributed by atoms with Crippen LogP contribution in [0.5, 0.6) is 0 Å². The molecule has 0 aliphatic carbocycles. The van der Waals surface area contributed by atoms with Crippen molar-refractivity contribution < 1.29 is 40.6 Å². The molecule has 0 saturated carbocycles. The second kappa shape index (κ2) is 14.0. The van der Waals surface area contributed by atoms with Crippen LogP contribution in [0.15, 0.2) is 78.9 Å². The smallest absolute Gasteiger partial charge is 0.416 e. The molecule has 3 aromatic rings. The maximum atomic E-state index is 13.3. The van der Waals surface area contributed by atoms with Gasteiger partial charge in [0.15, 0.2) is 6.23 Å². The van der Waals surface area contributed by atoms with Gasteiger partial charge in [0.25, 0.3) is 0 Å². The standard InChI is InChI=1S/C30H32F6N2O3/c1-20(38(2)3)41-27(39)17-37-26(28(22-10-6-4-7-11-22)23-12-8-5-9-13-23)19-40-18-21-14-24(29(31,32)33)16-25(15-21)30(34,35)36/h4-16,20,26,28,37H,17-19H2,1-3H3. The number of nitrogens with one attached hydrogen (secondary N) is 1. The first-order valence-corrected chi connectivity index (χ1v) is 12.8. The number of carbonyl (C=O) groups is 1. The average Bonchev–Trinajstić information content (AvgIpc) is 2.91. The van der Waals surface area contributed by atoms with Gasteiger partial charge in [0.05, 0.1) is 30.9 Å². The van der Waals surface area contributed by atoms with E-state index in [1.807, 2.05) is 60.7 Å². The summed E-state index contributed by atoms with van der Waals surface area (Å²) in [5, 5.41) is 3.14. The molecule has 5 nitrogen and oxygen atoms in total. The molecule has 41 heavy (non-hydrogen) atoms. The van der Waals surface area contributed by atoms with Gasteiger partial charge in [-0.25, -0.2) is 0 Å². The molecule has 2 atom stereocenters. The number of rotatable bonds is 12. The first-order chi connectivity index (χ1) is 19.3. The van der Waals surface area contributed by atoms with E-state index in [0.717, 1.165) is 11.1 Å². The lowest BCUT2D eigenvalue weighted by Gasteiger charge is -2.29. The summed E-state index contributed by atoms with van der Waals surface area (Å²) in [6, 6.07) is 19.4. The summed E-state index contributed by atoms with van der Waals surface area (Å²) < 4.78 is 91.0. The summed E-state index contributed by atoms with van der Waals surface area (Å²) in [6.45, 7) is 0.857. The minimum Gasteiger partial charge on any atom is -0.446 e. The Balaban J connectivity index is 1.88. The van der Waals surface area contributed by atoms with Crippen LogP contribution in [0, 0.1) is 0 Å². The predicted molar refractivity (Wildman–Crippen MR) is 142 cm³/mol. The van der Waals surface area contributed by atoms with E-state index in [1.165, 1.54) is 0 Å². The third kappa shape index (κ3) is 9.58. The second-order valence-electron chi connectivity index (χ2n) is 9.77. The fraction of sp³-hybridized carbons (Fsp3) is 0.367. The molecule has 0 aromatic heterocycles. The van der Waals surface area contributed by atoms with Crippen molar-refractivity contribution in [3.05, 3.63) is 107 Å². The molecule has 222 valence electrons. The van der Waals surface area contributed by atoms with Crippen molar-refractivity contribution in [2.45, 2.75) is 44.1 Å². The number of esters is 1. The molecule has 0 amide bonds. The van der Waals surface area contributed by atoms with Gasteiger partial charge >= 0.3 is 18.3 Å². The summed E-state index contributed by atoms with van der Waals surface area (Å²) in [6.07, 6.45) is -10.4. The van der Waals surface area contributed by atoms with E-state index in [9.17, 15) is 31.1 Å². The molecule has 3 rings (SSSR count). The SMILES string of the molecule is CC(OC(=O)CNC(COCc1cc(C(F)(F)F)cc(C(F)(F)F)c1)C(c1ccccc1)c1ccccc1)N(C)C. The largest absolute Gasteiger partial charge is 0.446 e. The van der Waals surface area contributed by atoms with Gasteiger partial charge in [0, 0.05) is 12.0 Å². The lowest BCUT2D eigenvalue weighted by Crippen LogP contribution is -2.43. The van der Waals surface area contributed by atoms with Gasteiger partial charge in [-0.3, -0.25) is 9.69 Å². The maximum Gasteiger partial charge on any atom is 0.416 e. The van der Waals surface area contributed by atoms with Gasteiger partial charge < -0.3 is 14.8 Å². The Morgan fingerprint density at radius 1 is 0.829 bits per heavy atom. The highest BCUT2D eigenvalue weighted by Crippen LogP contribution is 2.36.